The van der Waals surface area contributed by atoms with Gasteiger partial charge in [-0.2, -0.15) is 0 Å². The molecule has 0 spiro atoms. The molecule has 118 valence electrons. The number of nitrogens with one attached hydrogen (secondary N) is 2. The summed E-state index contributed by atoms with van der Waals surface area (Å²) in [5.41, 5.74) is 1.11. The number of ether oxygens (including phenoxy) is 1. The number of amides is 2. The molecule has 3 N–H and O–H groups in total. The van der Waals surface area contributed by atoms with Gasteiger partial charge < -0.3 is 20.5 Å². The normalized spacial score (nSPS) is 14.9. The molecule has 0 saturated heterocycles. The molecule has 0 heterocycles. The van der Waals surface area contributed by atoms with Crippen molar-refractivity contribution in [3.05, 3.63) is 29.8 Å². The van der Waals surface area contributed by atoms with Crippen LogP contribution in [0, 0.1) is 5.92 Å². The van der Waals surface area contributed by atoms with Gasteiger partial charge in [0.05, 0.1) is 7.11 Å². The number of urea groups is 1. The molecule has 3 unspecified atom stereocenters. The number of carbonyl (C=O) groups excluding carboxylic acids is 1. The predicted octanol–water partition coefficient (Wildman–Crippen LogP) is 1.94. The second kappa shape index (κ2) is 8.52. The Bertz CT molecular complexity index is 451. The van der Waals surface area contributed by atoms with E-state index in [-0.39, 0.29) is 30.6 Å². The number of hydrogen-bond donors (Lipinski definition) is 3. The summed E-state index contributed by atoms with van der Waals surface area (Å²) in [6.45, 7) is 5.79. The summed E-state index contributed by atoms with van der Waals surface area (Å²) in [5.74, 6) is 0.846. The Morgan fingerprint density at radius 2 is 2.00 bits per heavy atom. The first-order valence-electron chi connectivity index (χ1n) is 7.27. The number of carbonyl (C=O) groups is 1. The largest absolute Gasteiger partial charge is 0.497 e. The summed E-state index contributed by atoms with van der Waals surface area (Å²) in [7, 11) is 1.64. The second-order valence-electron chi connectivity index (χ2n) is 5.52. The Kier molecular flexibility index (Phi) is 7.02. The van der Waals surface area contributed by atoms with Gasteiger partial charge >= 0.3 is 6.03 Å². The van der Waals surface area contributed by atoms with Crippen molar-refractivity contribution >= 4 is 6.03 Å². The van der Waals surface area contributed by atoms with Crippen LogP contribution < -0.4 is 15.4 Å². The van der Waals surface area contributed by atoms with Crippen LogP contribution in [0.1, 0.15) is 26.3 Å². The molecule has 0 aliphatic heterocycles. The molecule has 1 rings (SSSR count). The third-order valence-electron chi connectivity index (χ3n) is 3.55. The maximum Gasteiger partial charge on any atom is 0.315 e. The average Bonchev–Trinajstić information content (AvgIpc) is 2.45. The van der Waals surface area contributed by atoms with Gasteiger partial charge in [-0.15, -0.1) is 0 Å². The quantitative estimate of drug-likeness (QED) is 0.720. The number of hydrogen-bond acceptors (Lipinski definition) is 3. The summed E-state index contributed by atoms with van der Waals surface area (Å²) >= 11 is 0. The maximum atomic E-state index is 11.9. The molecular weight excluding hydrogens is 268 g/mol. The van der Waals surface area contributed by atoms with Gasteiger partial charge in [0, 0.05) is 18.7 Å². The van der Waals surface area contributed by atoms with E-state index in [1.54, 1.807) is 7.11 Å². The van der Waals surface area contributed by atoms with E-state index in [0.29, 0.717) is 0 Å². The molecule has 0 fully saturated rings. The molecule has 1 aromatic carbocycles. The van der Waals surface area contributed by atoms with Crippen molar-refractivity contribution in [1.82, 2.24) is 10.6 Å². The lowest BCUT2D eigenvalue weighted by molar-refractivity contribution is 0.199. The lowest BCUT2D eigenvalue weighted by Gasteiger charge is -2.21. The van der Waals surface area contributed by atoms with Crippen molar-refractivity contribution in [3.8, 4) is 5.75 Å². The van der Waals surface area contributed by atoms with E-state index in [9.17, 15) is 4.79 Å². The fraction of sp³-hybridized carbons (Fsp3) is 0.562. The van der Waals surface area contributed by atoms with Crippen LogP contribution in [0.25, 0.3) is 0 Å². The molecule has 1 aromatic rings. The van der Waals surface area contributed by atoms with E-state index < -0.39 is 0 Å². The van der Waals surface area contributed by atoms with Crippen LogP contribution in [0.5, 0.6) is 5.75 Å². The molecule has 5 heteroatoms. The monoisotopic (exact) mass is 294 g/mol. The van der Waals surface area contributed by atoms with E-state index in [1.807, 2.05) is 45.0 Å². The van der Waals surface area contributed by atoms with Crippen molar-refractivity contribution in [3.63, 3.8) is 0 Å². The molecule has 0 aromatic heterocycles. The Hall–Kier alpha value is -1.75. The van der Waals surface area contributed by atoms with Crippen molar-refractivity contribution < 1.29 is 14.6 Å². The van der Waals surface area contributed by atoms with Crippen LogP contribution in [0.4, 0.5) is 4.79 Å². The Morgan fingerprint density at radius 3 is 2.62 bits per heavy atom. The summed E-state index contributed by atoms with van der Waals surface area (Å²) in [6.07, 6.45) is 0.731. The molecule has 3 atom stereocenters. The average molecular weight is 294 g/mol. The minimum Gasteiger partial charge on any atom is -0.497 e. The van der Waals surface area contributed by atoms with Gasteiger partial charge in [0.25, 0.3) is 0 Å². The highest BCUT2D eigenvalue weighted by molar-refractivity contribution is 5.74. The number of benzene rings is 1. The number of aliphatic hydroxyl groups is 1. The van der Waals surface area contributed by atoms with Gasteiger partial charge in [-0.1, -0.05) is 19.1 Å². The zero-order chi connectivity index (χ0) is 15.8. The van der Waals surface area contributed by atoms with E-state index in [1.165, 1.54) is 0 Å². The van der Waals surface area contributed by atoms with Crippen LogP contribution in [-0.2, 0) is 6.42 Å². The SMILES string of the molecule is COc1cccc(CC(C)NC(=O)NC(C)C(C)CO)c1. The van der Waals surface area contributed by atoms with E-state index in [2.05, 4.69) is 10.6 Å². The highest BCUT2D eigenvalue weighted by Gasteiger charge is 2.15. The number of aliphatic hydroxyl groups excluding tert-OH is 1. The summed E-state index contributed by atoms with van der Waals surface area (Å²) in [4.78, 5) is 11.9. The Labute approximate surface area is 126 Å². The van der Waals surface area contributed by atoms with Crippen LogP contribution >= 0.6 is 0 Å². The minimum atomic E-state index is -0.210. The van der Waals surface area contributed by atoms with Gasteiger partial charge in [-0.3, -0.25) is 0 Å². The number of rotatable bonds is 7. The van der Waals surface area contributed by atoms with Crippen LogP contribution in [0.2, 0.25) is 0 Å². The van der Waals surface area contributed by atoms with Gasteiger partial charge in [0.1, 0.15) is 5.75 Å². The first kappa shape index (κ1) is 17.3. The van der Waals surface area contributed by atoms with E-state index >= 15 is 0 Å². The zero-order valence-corrected chi connectivity index (χ0v) is 13.2. The van der Waals surface area contributed by atoms with Crippen LogP contribution in [0.15, 0.2) is 24.3 Å². The first-order valence-corrected chi connectivity index (χ1v) is 7.27. The van der Waals surface area contributed by atoms with Gasteiger partial charge in [0.2, 0.25) is 0 Å². The second-order valence-corrected chi connectivity index (χ2v) is 5.52. The molecular formula is C16H26N2O3. The highest BCUT2D eigenvalue weighted by Crippen LogP contribution is 2.13. The third kappa shape index (κ3) is 6.04. The smallest absolute Gasteiger partial charge is 0.315 e. The van der Waals surface area contributed by atoms with E-state index in [4.69, 9.17) is 9.84 Å². The summed E-state index contributed by atoms with van der Waals surface area (Å²) in [6, 6.07) is 7.53. The van der Waals surface area contributed by atoms with Gasteiger partial charge in [-0.05, 0) is 43.9 Å². The van der Waals surface area contributed by atoms with Gasteiger partial charge in [-0.25, -0.2) is 4.79 Å². The third-order valence-corrected chi connectivity index (χ3v) is 3.55. The first-order chi connectivity index (χ1) is 9.96. The maximum absolute atomic E-state index is 11.9. The van der Waals surface area contributed by atoms with E-state index in [0.717, 1.165) is 17.7 Å². The van der Waals surface area contributed by atoms with Crippen molar-refractivity contribution in [2.75, 3.05) is 13.7 Å². The summed E-state index contributed by atoms with van der Waals surface area (Å²) < 4.78 is 5.19. The van der Waals surface area contributed by atoms with Crippen molar-refractivity contribution in [1.29, 1.82) is 0 Å². The topological polar surface area (TPSA) is 70.6 Å². The fourth-order valence-electron chi connectivity index (χ4n) is 1.98. The van der Waals surface area contributed by atoms with Gasteiger partial charge in [0.15, 0.2) is 0 Å². The zero-order valence-electron chi connectivity index (χ0n) is 13.2. The van der Waals surface area contributed by atoms with Crippen molar-refractivity contribution in [2.45, 2.75) is 39.3 Å². The summed E-state index contributed by atoms with van der Waals surface area (Å²) in [5, 5.41) is 14.8. The number of methoxy groups -OCH3 is 1. The molecule has 2 amide bonds. The molecule has 0 aliphatic rings. The molecule has 0 aliphatic carbocycles. The lowest BCUT2D eigenvalue weighted by atomic mass is 10.1. The highest BCUT2D eigenvalue weighted by atomic mass is 16.5. The molecule has 0 radical (unpaired) electrons. The molecule has 21 heavy (non-hydrogen) atoms. The predicted molar refractivity (Wildman–Crippen MR) is 83.5 cm³/mol. The van der Waals surface area contributed by atoms with Crippen molar-refractivity contribution in [2.24, 2.45) is 5.92 Å². The molecule has 0 bridgehead atoms. The van der Waals surface area contributed by atoms with Crippen LogP contribution in [-0.4, -0.2) is 36.9 Å². The molecule has 0 saturated carbocycles. The fourth-order valence-corrected chi connectivity index (χ4v) is 1.98. The lowest BCUT2D eigenvalue weighted by Crippen LogP contribution is -2.47. The molecule has 5 nitrogen and oxygen atoms in total. The Balaban J connectivity index is 2.45. The minimum absolute atomic E-state index is 0.00809. The standard InChI is InChI=1S/C16H26N2O3/c1-11(10-19)13(3)18-16(20)17-12(2)8-14-6-5-7-15(9-14)21-4/h5-7,9,11-13,19H,8,10H2,1-4H3,(H2,17,18,20). The Morgan fingerprint density at radius 1 is 1.29 bits per heavy atom. The van der Waals surface area contributed by atoms with Crippen LogP contribution in [0.3, 0.4) is 0 Å².